The molecule has 0 bridgehead atoms. The standard InChI is InChI=1S/C20H20N2O/c21-20(14-18-8-4-5-13-22-18)17-9-11-19(12-10-17)23-15-16-6-2-1-3-7-16/h1-13,20H,14-15,21H2. The Labute approximate surface area is 136 Å². The van der Waals surface area contributed by atoms with Crippen LogP contribution in [0.5, 0.6) is 5.75 Å². The van der Waals surface area contributed by atoms with Crippen LogP contribution in [0.25, 0.3) is 0 Å². The lowest BCUT2D eigenvalue weighted by molar-refractivity contribution is 0.306. The van der Waals surface area contributed by atoms with E-state index in [1.165, 1.54) is 0 Å². The molecule has 0 aliphatic carbocycles. The Kier molecular flexibility index (Phi) is 5.02. The zero-order valence-electron chi connectivity index (χ0n) is 12.9. The van der Waals surface area contributed by atoms with Crippen molar-refractivity contribution < 1.29 is 4.74 Å². The van der Waals surface area contributed by atoms with Crippen LogP contribution in [0.4, 0.5) is 0 Å². The Morgan fingerprint density at radius 2 is 1.61 bits per heavy atom. The van der Waals surface area contributed by atoms with Crippen molar-refractivity contribution >= 4 is 0 Å². The molecule has 0 aliphatic heterocycles. The van der Waals surface area contributed by atoms with E-state index >= 15 is 0 Å². The number of pyridine rings is 1. The summed E-state index contributed by atoms with van der Waals surface area (Å²) in [5, 5.41) is 0. The Morgan fingerprint density at radius 1 is 0.870 bits per heavy atom. The van der Waals surface area contributed by atoms with Gasteiger partial charge < -0.3 is 10.5 Å². The summed E-state index contributed by atoms with van der Waals surface area (Å²) in [5.41, 5.74) is 9.51. The van der Waals surface area contributed by atoms with Crippen LogP contribution in [0.2, 0.25) is 0 Å². The Balaban J connectivity index is 1.58. The van der Waals surface area contributed by atoms with Gasteiger partial charge in [-0.15, -0.1) is 0 Å². The topological polar surface area (TPSA) is 48.1 Å². The normalized spacial score (nSPS) is 11.9. The number of hydrogen-bond acceptors (Lipinski definition) is 3. The molecule has 1 heterocycles. The van der Waals surface area contributed by atoms with Gasteiger partial charge in [0.2, 0.25) is 0 Å². The highest BCUT2D eigenvalue weighted by Gasteiger charge is 2.08. The smallest absolute Gasteiger partial charge is 0.119 e. The number of nitrogens with two attached hydrogens (primary N) is 1. The van der Waals surface area contributed by atoms with E-state index in [2.05, 4.69) is 17.1 Å². The van der Waals surface area contributed by atoms with Gasteiger partial charge in [-0.05, 0) is 35.4 Å². The lowest BCUT2D eigenvalue weighted by atomic mass is 10.0. The fourth-order valence-corrected chi connectivity index (χ4v) is 2.41. The average molecular weight is 304 g/mol. The number of aromatic nitrogens is 1. The highest BCUT2D eigenvalue weighted by atomic mass is 16.5. The summed E-state index contributed by atoms with van der Waals surface area (Å²) in [6, 6.07) is 23.9. The SMILES string of the molecule is NC(Cc1ccccn1)c1ccc(OCc2ccccc2)cc1. The Morgan fingerprint density at radius 3 is 2.30 bits per heavy atom. The van der Waals surface area contributed by atoms with E-state index in [0.29, 0.717) is 6.61 Å². The molecule has 3 heteroatoms. The van der Waals surface area contributed by atoms with E-state index in [4.69, 9.17) is 10.5 Å². The molecule has 1 unspecified atom stereocenters. The Hall–Kier alpha value is -2.65. The second kappa shape index (κ2) is 7.56. The van der Waals surface area contributed by atoms with Crippen LogP contribution in [0.15, 0.2) is 79.0 Å². The maximum absolute atomic E-state index is 6.26. The van der Waals surface area contributed by atoms with Crippen molar-refractivity contribution in [2.45, 2.75) is 19.1 Å². The summed E-state index contributed by atoms with van der Waals surface area (Å²) in [6.45, 7) is 0.570. The molecule has 0 aliphatic rings. The first-order valence-corrected chi connectivity index (χ1v) is 7.73. The van der Waals surface area contributed by atoms with Crippen LogP contribution in [-0.2, 0) is 13.0 Å². The van der Waals surface area contributed by atoms with Crippen molar-refractivity contribution in [2.24, 2.45) is 5.73 Å². The van der Waals surface area contributed by atoms with Gasteiger partial charge in [0.25, 0.3) is 0 Å². The molecule has 1 aromatic heterocycles. The van der Waals surface area contributed by atoms with Crippen LogP contribution >= 0.6 is 0 Å². The molecule has 2 aromatic carbocycles. The fourth-order valence-electron chi connectivity index (χ4n) is 2.41. The summed E-state index contributed by atoms with van der Waals surface area (Å²) in [5.74, 6) is 0.850. The van der Waals surface area contributed by atoms with Crippen molar-refractivity contribution in [1.29, 1.82) is 0 Å². The minimum absolute atomic E-state index is 0.0620. The predicted octanol–water partition coefficient (Wildman–Crippen LogP) is 3.90. The molecule has 0 amide bonds. The van der Waals surface area contributed by atoms with Crippen molar-refractivity contribution in [3.05, 3.63) is 95.8 Å². The predicted molar refractivity (Wildman–Crippen MR) is 92.1 cm³/mol. The monoisotopic (exact) mass is 304 g/mol. The molecule has 0 saturated heterocycles. The van der Waals surface area contributed by atoms with Crippen molar-refractivity contribution in [3.8, 4) is 5.75 Å². The number of benzene rings is 2. The summed E-state index contributed by atoms with van der Waals surface area (Å²) in [4.78, 5) is 4.32. The van der Waals surface area contributed by atoms with E-state index in [-0.39, 0.29) is 6.04 Å². The molecular weight excluding hydrogens is 284 g/mol. The van der Waals surface area contributed by atoms with Crippen LogP contribution in [0.3, 0.4) is 0 Å². The number of ether oxygens (including phenoxy) is 1. The zero-order valence-corrected chi connectivity index (χ0v) is 12.9. The summed E-state index contributed by atoms with van der Waals surface area (Å²) in [7, 11) is 0. The van der Waals surface area contributed by atoms with Gasteiger partial charge in [0.15, 0.2) is 0 Å². The maximum atomic E-state index is 6.26. The van der Waals surface area contributed by atoms with Crippen LogP contribution in [0, 0.1) is 0 Å². The summed E-state index contributed by atoms with van der Waals surface area (Å²) >= 11 is 0. The first-order chi connectivity index (χ1) is 11.3. The minimum atomic E-state index is -0.0620. The highest BCUT2D eigenvalue weighted by molar-refractivity contribution is 5.30. The third kappa shape index (κ3) is 4.41. The third-order valence-electron chi connectivity index (χ3n) is 3.71. The van der Waals surface area contributed by atoms with Gasteiger partial charge in [0.05, 0.1) is 0 Å². The highest BCUT2D eigenvalue weighted by Crippen LogP contribution is 2.19. The van der Waals surface area contributed by atoms with Gasteiger partial charge in [0, 0.05) is 24.4 Å². The molecule has 3 nitrogen and oxygen atoms in total. The summed E-state index contributed by atoms with van der Waals surface area (Å²) in [6.07, 6.45) is 2.52. The van der Waals surface area contributed by atoms with Crippen LogP contribution in [-0.4, -0.2) is 4.98 Å². The van der Waals surface area contributed by atoms with Crippen molar-refractivity contribution in [3.63, 3.8) is 0 Å². The van der Waals surface area contributed by atoms with Crippen LogP contribution < -0.4 is 10.5 Å². The van der Waals surface area contributed by atoms with Crippen molar-refractivity contribution in [1.82, 2.24) is 4.98 Å². The number of nitrogens with zero attached hydrogens (tertiary/aromatic N) is 1. The van der Waals surface area contributed by atoms with E-state index in [9.17, 15) is 0 Å². The van der Waals surface area contributed by atoms with Crippen molar-refractivity contribution in [2.75, 3.05) is 0 Å². The summed E-state index contributed by atoms with van der Waals surface area (Å²) < 4.78 is 5.79. The molecule has 116 valence electrons. The van der Waals surface area contributed by atoms with Gasteiger partial charge in [0.1, 0.15) is 12.4 Å². The van der Waals surface area contributed by atoms with Gasteiger partial charge in [-0.3, -0.25) is 4.98 Å². The van der Waals surface area contributed by atoms with E-state index in [1.807, 2.05) is 60.7 Å². The molecule has 3 rings (SSSR count). The maximum Gasteiger partial charge on any atom is 0.119 e. The quantitative estimate of drug-likeness (QED) is 0.751. The molecule has 3 aromatic rings. The molecule has 0 saturated carbocycles. The second-order valence-electron chi connectivity index (χ2n) is 5.48. The Bertz CT molecular complexity index is 712. The first-order valence-electron chi connectivity index (χ1n) is 7.73. The first kappa shape index (κ1) is 15.3. The molecule has 2 N–H and O–H groups in total. The molecule has 0 fully saturated rings. The van der Waals surface area contributed by atoms with Gasteiger partial charge in [-0.2, -0.15) is 0 Å². The van der Waals surface area contributed by atoms with Gasteiger partial charge in [-0.25, -0.2) is 0 Å². The average Bonchev–Trinajstić information content (AvgIpc) is 2.62. The van der Waals surface area contributed by atoms with E-state index in [1.54, 1.807) is 6.20 Å². The van der Waals surface area contributed by atoms with Crippen LogP contribution in [0.1, 0.15) is 22.9 Å². The second-order valence-corrected chi connectivity index (χ2v) is 5.48. The zero-order chi connectivity index (χ0) is 15.9. The number of hydrogen-bond donors (Lipinski definition) is 1. The van der Waals surface area contributed by atoms with Gasteiger partial charge >= 0.3 is 0 Å². The fraction of sp³-hybridized carbons (Fsp3) is 0.150. The lowest BCUT2D eigenvalue weighted by Gasteiger charge is -2.13. The van der Waals surface area contributed by atoms with Gasteiger partial charge in [-0.1, -0.05) is 48.5 Å². The molecular formula is C20H20N2O. The molecule has 0 radical (unpaired) electrons. The number of rotatable bonds is 6. The molecule has 0 spiro atoms. The lowest BCUT2D eigenvalue weighted by Crippen LogP contribution is -2.13. The largest absolute Gasteiger partial charge is 0.489 e. The minimum Gasteiger partial charge on any atom is -0.489 e. The third-order valence-corrected chi connectivity index (χ3v) is 3.71. The molecule has 1 atom stereocenters. The van der Waals surface area contributed by atoms with E-state index in [0.717, 1.165) is 29.0 Å². The van der Waals surface area contributed by atoms with E-state index < -0.39 is 0 Å². The molecule has 23 heavy (non-hydrogen) atoms.